The molecule has 0 spiro atoms. The second-order valence-corrected chi connectivity index (χ2v) is 6.45. The maximum absolute atomic E-state index is 12.2. The number of hydrogen-bond acceptors (Lipinski definition) is 3. The molecule has 5 nitrogen and oxygen atoms in total. The van der Waals surface area contributed by atoms with Crippen molar-refractivity contribution in [3.8, 4) is 11.8 Å². The maximum Gasteiger partial charge on any atom is 0.346 e. The van der Waals surface area contributed by atoms with Crippen molar-refractivity contribution < 1.29 is 4.79 Å². The van der Waals surface area contributed by atoms with Crippen molar-refractivity contribution in [2.75, 3.05) is 13.1 Å². The Morgan fingerprint density at radius 1 is 1.27 bits per heavy atom. The van der Waals surface area contributed by atoms with E-state index < -0.39 is 0 Å². The zero-order chi connectivity index (χ0) is 15.5. The molecule has 0 aliphatic carbocycles. The highest BCUT2D eigenvalue weighted by molar-refractivity contribution is 7.09. The van der Waals surface area contributed by atoms with Crippen LogP contribution in [0.3, 0.4) is 0 Å². The van der Waals surface area contributed by atoms with Gasteiger partial charge in [-0.1, -0.05) is 0 Å². The van der Waals surface area contributed by atoms with Crippen molar-refractivity contribution in [1.82, 2.24) is 9.47 Å². The molecule has 1 fully saturated rings. The molecule has 1 aliphatic rings. The van der Waals surface area contributed by atoms with E-state index >= 15 is 0 Å². The first-order valence-electron chi connectivity index (χ1n) is 7.20. The minimum atomic E-state index is -0.165. The topological polar surface area (TPSA) is 61.4 Å². The Labute approximate surface area is 132 Å². The van der Waals surface area contributed by atoms with Gasteiger partial charge in [0, 0.05) is 29.9 Å². The Morgan fingerprint density at radius 3 is 2.59 bits per heavy atom. The molecule has 2 aromatic rings. The van der Waals surface area contributed by atoms with Gasteiger partial charge in [-0.05, 0) is 44.0 Å². The van der Waals surface area contributed by atoms with Gasteiger partial charge in [0.1, 0.15) is 0 Å². The predicted molar refractivity (Wildman–Crippen MR) is 84.9 cm³/mol. The van der Waals surface area contributed by atoms with Crippen LogP contribution in [-0.4, -0.2) is 28.6 Å². The lowest BCUT2D eigenvalue weighted by Gasteiger charge is -2.10. The van der Waals surface area contributed by atoms with E-state index in [1.165, 1.54) is 11.3 Å². The van der Waals surface area contributed by atoms with E-state index in [9.17, 15) is 4.79 Å². The second kappa shape index (κ2) is 6.16. The first-order chi connectivity index (χ1) is 10.7. The number of hydrogen-bond donors (Lipinski definition) is 0. The molecule has 22 heavy (non-hydrogen) atoms. The summed E-state index contributed by atoms with van der Waals surface area (Å²) in [4.78, 5) is 20.0. The monoisotopic (exact) mass is 312 g/mol. The van der Waals surface area contributed by atoms with Gasteiger partial charge >= 0.3 is 6.03 Å². The quantitative estimate of drug-likeness (QED) is 0.813. The van der Waals surface area contributed by atoms with Crippen LogP contribution in [0.15, 0.2) is 35.5 Å². The van der Waals surface area contributed by atoms with Gasteiger partial charge in [0.15, 0.2) is 4.80 Å². The number of amides is 2. The van der Waals surface area contributed by atoms with Crippen molar-refractivity contribution in [2.24, 2.45) is 4.99 Å². The molecule has 1 saturated heterocycles. The molecule has 1 aromatic carbocycles. The van der Waals surface area contributed by atoms with Gasteiger partial charge in [-0.2, -0.15) is 10.3 Å². The van der Waals surface area contributed by atoms with E-state index in [0.717, 1.165) is 36.5 Å². The highest BCUT2D eigenvalue weighted by Gasteiger charge is 2.17. The summed E-state index contributed by atoms with van der Waals surface area (Å²) in [6.07, 6.45) is 4.07. The lowest BCUT2D eigenvalue weighted by molar-refractivity contribution is 0.218. The summed E-state index contributed by atoms with van der Waals surface area (Å²) in [5.41, 5.74) is 1.51. The highest BCUT2D eigenvalue weighted by Crippen LogP contribution is 2.12. The van der Waals surface area contributed by atoms with Crippen molar-refractivity contribution >= 4 is 17.4 Å². The third kappa shape index (κ3) is 2.95. The number of thiazole rings is 1. The molecule has 112 valence electrons. The number of likely N-dealkylation sites (tertiary alicyclic amines) is 1. The zero-order valence-corrected chi connectivity index (χ0v) is 13.1. The molecule has 0 N–H and O–H groups in total. The first-order valence-corrected chi connectivity index (χ1v) is 8.02. The third-order valence-electron chi connectivity index (χ3n) is 3.61. The number of rotatable bonds is 1. The fourth-order valence-electron chi connectivity index (χ4n) is 2.48. The van der Waals surface area contributed by atoms with Crippen LogP contribution in [0.25, 0.3) is 5.69 Å². The maximum atomic E-state index is 12.2. The van der Waals surface area contributed by atoms with Crippen LogP contribution in [0, 0.1) is 18.3 Å². The Bertz CT molecular complexity index is 789. The van der Waals surface area contributed by atoms with Crippen molar-refractivity contribution in [1.29, 1.82) is 5.26 Å². The van der Waals surface area contributed by atoms with Crippen LogP contribution < -0.4 is 4.80 Å². The van der Waals surface area contributed by atoms with Crippen molar-refractivity contribution in [3.05, 3.63) is 45.7 Å². The van der Waals surface area contributed by atoms with Crippen molar-refractivity contribution in [2.45, 2.75) is 19.8 Å². The molecular formula is C16H16N4OS. The van der Waals surface area contributed by atoms with E-state index in [4.69, 9.17) is 5.26 Å². The van der Waals surface area contributed by atoms with Gasteiger partial charge in [-0.15, -0.1) is 11.3 Å². The Balaban J connectivity index is 1.98. The van der Waals surface area contributed by atoms with Crippen LogP contribution in [0.4, 0.5) is 4.79 Å². The van der Waals surface area contributed by atoms with Gasteiger partial charge in [0.05, 0.1) is 11.6 Å². The fraction of sp³-hybridized carbons (Fsp3) is 0.312. The van der Waals surface area contributed by atoms with Crippen molar-refractivity contribution in [3.63, 3.8) is 0 Å². The number of aromatic nitrogens is 1. The molecule has 0 atom stereocenters. The number of benzene rings is 1. The van der Waals surface area contributed by atoms with Crippen LogP contribution in [0.5, 0.6) is 0 Å². The van der Waals surface area contributed by atoms with Gasteiger partial charge in [-0.25, -0.2) is 4.79 Å². The SMILES string of the molecule is Cc1cn(-c2ccc(C#N)cc2)c(=NC(=O)N2CCCC2)s1. The molecule has 3 rings (SSSR count). The van der Waals surface area contributed by atoms with Crippen LogP contribution in [-0.2, 0) is 0 Å². The Kier molecular flexibility index (Phi) is 4.07. The molecule has 0 bridgehead atoms. The predicted octanol–water partition coefficient (Wildman–Crippen LogP) is 2.84. The molecule has 6 heteroatoms. The average Bonchev–Trinajstić information content (AvgIpc) is 3.17. The van der Waals surface area contributed by atoms with Crippen LogP contribution >= 0.6 is 11.3 Å². The lowest BCUT2D eigenvalue weighted by Crippen LogP contribution is -2.27. The summed E-state index contributed by atoms with van der Waals surface area (Å²) in [6, 6.07) is 9.20. The van der Waals surface area contributed by atoms with Gasteiger partial charge in [0.25, 0.3) is 0 Å². The molecule has 0 radical (unpaired) electrons. The van der Waals surface area contributed by atoms with Gasteiger partial charge < -0.3 is 4.90 Å². The minimum absolute atomic E-state index is 0.165. The fourth-order valence-corrected chi connectivity index (χ4v) is 3.30. The summed E-state index contributed by atoms with van der Waals surface area (Å²) >= 11 is 1.49. The second-order valence-electron chi connectivity index (χ2n) is 5.24. The number of carbonyl (C=O) groups excluding carboxylic acids is 1. The summed E-state index contributed by atoms with van der Waals surface area (Å²) in [7, 11) is 0. The summed E-state index contributed by atoms with van der Waals surface area (Å²) in [6.45, 7) is 3.58. The van der Waals surface area contributed by atoms with Gasteiger partial charge in [0.2, 0.25) is 0 Å². The third-order valence-corrected chi connectivity index (χ3v) is 4.51. The first kappa shape index (κ1) is 14.5. The number of carbonyl (C=O) groups is 1. The number of urea groups is 1. The summed E-state index contributed by atoms with van der Waals surface area (Å²) < 4.78 is 1.90. The van der Waals surface area contributed by atoms with Gasteiger partial charge in [-0.3, -0.25) is 4.57 Å². The molecule has 2 amide bonds. The zero-order valence-electron chi connectivity index (χ0n) is 12.3. The number of nitriles is 1. The van der Waals surface area contributed by atoms with E-state index in [0.29, 0.717) is 10.4 Å². The lowest BCUT2D eigenvalue weighted by atomic mass is 10.2. The molecule has 2 heterocycles. The van der Waals surface area contributed by atoms with E-state index in [2.05, 4.69) is 11.1 Å². The van der Waals surface area contributed by atoms with Crippen LogP contribution in [0.2, 0.25) is 0 Å². The normalized spacial score (nSPS) is 15.1. The molecule has 0 saturated carbocycles. The van der Waals surface area contributed by atoms with E-state index in [1.54, 1.807) is 17.0 Å². The van der Waals surface area contributed by atoms with Crippen LogP contribution in [0.1, 0.15) is 23.3 Å². The highest BCUT2D eigenvalue weighted by atomic mass is 32.1. The summed E-state index contributed by atoms with van der Waals surface area (Å²) in [5.74, 6) is 0. The minimum Gasteiger partial charge on any atom is -0.323 e. The largest absolute Gasteiger partial charge is 0.346 e. The molecule has 0 unspecified atom stereocenters. The molecule has 1 aliphatic heterocycles. The summed E-state index contributed by atoms with van der Waals surface area (Å²) in [5, 5.41) is 8.87. The molecular weight excluding hydrogens is 296 g/mol. The number of nitrogens with zero attached hydrogens (tertiary/aromatic N) is 4. The smallest absolute Gasteiger partial charge is 0.323 e. The van der Waals surface area contributed by atoms with E-state index in [1.807, 2.05) is 29.8 Å². The Morgan fingerprint density at radius 2 is 1.95 bits per heavy atom. The van der Waals surface area contributed by atoms with E-state index in [-0.39, 0.29) is 6.03 Å². The molecule has 1 aromatic heterocycles. The Hall–Kier alpha value is -2.39. The average molecular weight is 312 g/mol. The number of aryl methyl sites for hydroxylation is 1. The standard InChI is InChI=1S/C16H16N4OS/c1-12-11-20(14-6-4-13(10-17)5-7-14)16(22-12)18-15(21)19-8-2-3-9-19/h4-7,11H,2-3,8-9H2,1H3.